The molecule has 0 spiro atoms. The average molecular weight is 438 g/mol. The zero-order valence-corrected chi connectivity index (χ0v) is 17.5. The Labute approximate surface area is 177 Å². The molecule has 30 heavy (non-hydrogen) atoms. The Morgan fingerprint density at radius 1 is 1.30 bits per heavy atom. The summed E-state index contributed by atoms with van der Waals surface area (Å²) in [7, 11) is 3.13. The lowest BCUT2D eigenvalue weighted by Gasteiger charge is -2.16. The van der Waals surface area contributed by atoms with E-state index in [0.717, 1.165) is 6.42 Å². The van der Waals surface area contributed by atoms with Crippen molar-refractivity contribution >= 4 is 28.7 Å². The minimum Gasteiger partial charge on any atom is -0.491 e. The van der Waals surface area contributed by atoms with Crippen LogP contribution in [0.2, 0.25) is 5.02 Å². The number of halogens is 1. The van der Waals surface area contributed by atoms with Crippen molar-refractivity contribution < 1.29 is 14.6 Å². The maximum Gasteiger partial charge on any atom is 0.329 e. The quantitative estimate of drug-likeness (QED) is 0.404. The van der Waals surface area contributed by atoms with Gasteiger partial charge in [0.25, 0.3) is 5.56 Å². The Kier molecular flexibility index (Phi) is 7.14. The van der Waals surface area contributed by atoms with Gasteiger partial charge in [0.2, 0.25) is 5.95 Å². The number of rotatable bonds is 10. The highest BCUT2D eigenvalue weighted by atomic mass is 35.5. The maximum absolute atomic E-state index is 12.5. The van der Waals surface area contributed by atoms with Crippen LogP contribution >= 0.6 is 11.6 Å². The van der Waals surface area contributed by atoms with E-state index in [1.807, 2.05) is 0 Å². The number of imidazole rings is 1. The fraction of sp³-hybridized carbons (Fsp3) is 0.421. The Balaban J connectivity index is 1.84. The lowest BCUT2D eigenvalue weighted by molar-refractivity contribution is 0.0938. The summed E-state index contributed by atoms with van der Waals surface area (Å²) in [6, 6.07) is 6.78. The van der Waals surface area contributed by atoms with Crippen molar-refractivity contribution in [3.8, 4) is 5.75 Å². The smallest absolute Gasteiger partial charge is 0.329 e. The van der Waals surface area contributed by atoms with Gasteiger partial charge in [-0.15, -0.1) is 0 Å². The zero-order chi connectivity index (χ0) is 21.7. The Morgan fingerprint density at radius 3 is 2.73 bits per heavy atom. The molecule has 0 saturated carbocycles. The van der Waals surface area contributed by atoms with E-state index in [-0.39, 0.29) is 24.3 Å². The first kappa shape index (κ1) is 21.9. The largest absolute Gasteiger partial charge is 0.491 e. The van der Waals surface area contributed by atoms with Gasteiger partial charge in [-0.25, -0.2) is 4.79 Å². The summed E-state index contributed by atoms with van der Waals surface area (Å²) in [5.41, 5.74) is -0.716. The Morgan fingerprint density at radius 2 is 2.03 bits per heavy atom. The third kappa shape index (κ3) is 5.02. The summed E-state index contributed by atoms with van der Waals surface area (Å²) in [6.07, 6.45) is -0.216. The molecule has 1 atom stereocenters. The van der Waals surface area contributed by atoms with Crippen LogP contribution in [0.5, 0.6) is 5.75 Å². The van der Waals surface area contributed by atoms with Gasteiger partial charge >= 0.3 is 5.69 Å². The van der Waals surface area contributed by atoms with E-state index in [1.165, 1.54) is 11.6 Å². The molecule has 0 aliphatic heterocycles. The SMILES string of the molecule is COCCCNc1nc2c(c(=O)[nH]c(=O)n2C)n1C[C@@H](O)COc1ccc(Cl)cc1. The number of aromatic amines is 1. The third-order valence-corrected chi connectivity index (χ3v) is 4.72. The van der Waals surface area contributed by atoms with Gasteiger partial charge in [-0.3, -0.25) is 14.3 Å². The Hall–Kier alpha value is -2.82. The molecule has 3 aromatic rings. The number of methoxy groups -OCH3 is 1. The summed E-state index contributed by atoms with van der Waals surface area (Å²) in [5.74, 6) is 0.936. The number of fused-ring (bicyclic) bond motifs is 1. The maximum atomic E-state index is 12.5. The van der Waals surface area contributed by atoms with Crippen LogP contribution < -0.4 is 21.3 Å². The van der Waals surface area contributed by atoms with Crippen molar-refractivity contribution in [3.05, 3.63) is 50.1 Å². The predicted molar refractivity (Wildman–Crippen MR) is 114 cm³/mol. The van der Waals surface area contributed by atoms with Crippen molar-refractivity contribution in [3.63, 3.8) is 0 Å². The second-order valence-corrected chi connectivity index (χ2v) is 7.16. The van der Waals surface area contributed by atoms with Gasteiger partial charge in [-0.05, 0) is 30.7 Å². The fourth-order valence-electron chi connectivity index (χ4n) is 2.95. The highest BCUT2D eigenvalue weighted by Gasteiger charge is 2.19. The lowest BCUT2D eigenvalue weighted by Crippen LogP contribution is -2.31. The van der Waals surface area contributed by atoms with E-state index in [4.69, 9.17) is 21.1 Å². The number of benzene rings is 1. The highest BCUT2D eigenvalue weighted by Crippen LogP contribution is 2.18. The molecule has 0 fully saturated rings. The van der Waals surface area contributed by atoms with E-state index in [9.17, 15) is 14.7 Å². The topological polar surface area (TPSA) is 123 Å². The van der Waals surface area contributed by atoms with Gasteiger partial charge in [-0.1, -0.05) is 11.6 Å². The molecule has 3 N–H and O–H groups in total. The molecule has 0 saturated heterocycles. The first-order valence-electron chi connectivity index (χ1n) is 9.39. The zero-order valence-electron chi connectivity index (χ0n) is 16.7. The summed E-state index contributed by atoms with van der Waals surface area (Å²) in [6.45, 7) is 1.14. The minimum absolute atomic E-state index is 0.00586. The van der Waals surface area contributed by atoms with E-state index < -0.39 is 17.4 Å². The number of aromatic nitrogens is 4. The first-order chi connectivity index (χ1) is 14.4. The number of aryl methyl sites for hydroxylation is 1. The van der Waals surface area contributed by atoms with Crippen LogP contribution in [0.4, 0.5) is 5.95 Å². The standard InChI is InChI=1S/C19H24ClN5O5/c1-24-16-15(17(27)23-19(24)28)25(18(22-16)21-8-3-9-29-2)10-13(26)11-30-14-6-4-12(20)5-7-14/h4-7,13,26H,3,8-11H2,1-2H3,(H,21,22)(H,23,27,28)/t13-/m1/s1. The number of H-pyrrole nitrogens is 1. The normalized spacial score (nSPS) is 12.3. The molecule has 1 aromatic carbocycles. The minimum atomic E-state index is -0.936. The molecule has 0 aliphatic carbocycles. The third-order valence-electron chi connectivity index (χ3n) is 4.46. The molecule has 162 valence electrons. The predicted octanol–water partition coefficient (Wildman–Crippen LogP) is 0.965. The fourth-order valence-corrected chi connectivity index (χ4v) is 3.08. The number of ether oxygens (including phenoxy) is 2. The van der Waals surface area contributed by atoms with Crippen LogP contribution in [0.3, 0.4) is 0 Å². The number of nitrogens with one attached hydrogen (secondary N) is 2. The van der Waals surface area contributed by atoms with Crippen LogP contribution in [0.15, 0.2) is 33.9 Å². The van der Waals surface area contributed by atoms with Crippen molar-refractivity contribution in [2.45, 2.75) is 19.1 Å². The van der Waals surface area contributed by atoms with Crippen molar-refractivity contribution in [1.29, 1.82) is 0 Å². The van der Waals surface area contributed by atoms with Gasteiger partial charge in [0.15, 0.2) is 11.2 Å². The molecule has 2 aromatic heterocycles. The van der Waals surface area contributed by atoms with Crippen LogP contribution in [-0.2, 0) is 18.3 Å². The van der Waals surface area contributed by atoms with Crippen LogP contribution in [0, 0.1) is 0 Å². The summed E-state index contributed by atoms with van der Waals surface area (Å²) >= 11 is 5.86. The number of hydrogen-bond acceptors (Lipinski definition) is 7. The van der Waals surface area contributed by atoms with E-state index >= 15 is 0 Å². The number of aliphatic hydroxyl groups excluding tert-OH is 1. The molecule has 0 bridgehead atoms. The number of nitrogens with zero attached hydrogens (tertiary/aromatic N) is 3. The second kappa shape index (κ2) is 9.79. The van der Waals surface area contributed by atoms with Gasteiger partial charge < -0.3 is 24.5 Å². The molecule has 3 rings (SSSR count). The molecule has 2 heterocycles. The average Bonchev–Trinajstić information content (AvgIpc) is 3.08. The van der Waals surface area contributed by atoms with E-state index in [1.54, 1.807) is 35.9 Å². The molecular formula is C19H24ClN5O5. The molecule has 10 nitrogen and oxygen atoms in total. The van der Waals surface area contributed by atoms with Crippen molar-refractivity contribution in [2.75, 3.05) is 32.2 Å². The van der Waals surface area contributed by atoms with E-state index in [2.05, 4.69) is 15.3 Å². The number of anilines is 1. The van der Waals surface area contributed by atoms with Crippen LogP contribution in [0.1, 0.15) is 6.42 Å². The summed E-state index contributed by atoms with van der Waals surface area (Å²) < 4.78 is 13.4. The van der Waals surface area contributed by atoms with Crippen LogP contribution in [-0.4, -0.2) is 57.2 Å². The van der Waals surface area contributed by atoms with E-state index in [0.29, 0.717) is 29.9 Å². The highest BCUT2D eigenvalue weighted by molar-refractivity contribution is 6.30. The van der Waals surface area contributed by atoms with Crippen LogP contribution in [0.25, 0.3) is 11.2 Å². The molecule has 0 amide bonds. The monoisotopic (exact) mass is 437 g/mol. The lowest BCUT2D eigenvalue weighted by atomic mass is 10.3. The molecular weight excluding hydrogens is 414 g/mol. The summed E-state index contributed by atoms with van der Waals surface area (Å²) in [5, 5.41) is 14.2. The molecule has 11 heteroatoms. The van der Waals surface area contributed by atoms with Gasteiger partial charge in [-0.2, -0.15) is 4.98 Å². The Bertz CT molecular complexity index is 1110. The van der Waals surface area contributed by atoms with Gasteiger partial charge in [0, 0.05) is 32.3 Å². The number of aliphatic hydroxyl groups is 1. The van der Waals surface area contributed by atoms with Gasteiger partial charge in [0.1, 0.15) is 18.5 Å². The summed E-state index contributed by atoms with van der Waals surface area (Å²) in [4.78, 5) is 31.0. The molecule has 0 radical (unpaired) electrons. The molecule has 0 aliphatic rings. The van der Waals surface area contributed by atoms with Gasteiger partial charge in [0.05, 0.1) is 6.54 Å². The van der Waals surface area contributed by atoms with Crippen molar-refractivity contribution in [1.82, 2.24) is 19.1 Å². The second-order valence-electron chi connectivity index (χ2n) is 6.73. The van der Waals surface area contributed by atoms with Crippen molar-refractivity contribution in [2.24, 2.45) is 7.05 Å². The first-order valence-corrected chi connectivity index (χ1v) is 9.77. The molecule has 0 unspecified atom stereocenters. The number of hydrogen-bond donors (Lipinski definition) is 3.